The monoisotopic (exact) mass is 229 g/mol. The third-order valence-electron chi connectivity index (χ3n) is 2.97. The van der Waals surface area contributed by atoms with Crippen molar-refractivity contribution >= 4 is 0 Å². The molecule has 2 aliphatic rings. The van der Waals surface area contributed by atoms with Gasteiger partial charge in [-0.05, 0) is 27.9 Å². The molecule has 4 heteroatoms. The number of morpholine rings is 1. The van der Waals surface area contributed by atoms with Crippen molar-refractivity contribution < 1.29 is 4.74 Å². The van der Waals surface area contributed by atoms with Gasteiger partial charge in [-0.25, -0.2) is 0 Å². The average Bonchev–Trinajstić information content (AvgIpc) is 2.17. The first-order valence-electron chi connectivity index (χ1n) is 6.29. The van der Waals surface area contributed by atoms with E-state index in [-0.39, 0.29) is 0 Å². The highest BCUT2D eigenvalue weighted by molar-refractivity contribution is 4.78. The molecule has 0 aromatic heterocycles. The molecule has 0 aromatic carbocycles. The zero-order valence-corrected chi connectivity index (χ0v) is 11.2. The third kappa shape index (κ3) is 5.80. The Morgan fingerprint density at radius 2 is 1.44 bits per heavy atom. The molecule has 0 spiro atoms. The molecule has 2 fully saturated rings. The molecule has 0 radical (unpaired) electrons. The predicted octanol–water partition coefficient (Wildman–Crippen LogP) is 0.247. The van der Waals surface area contributed by atoms with E-state index in [1.54, 1.807) is 0 Å². The van der Waals surface area contributed by atoms with E-state index in [9.17, 15) is 0 Å². The molecule has 0 aromatic rings. The highest BCUT2D eigenvalue weighted by Crippen LogP contribution is 1.99. The Kier molecular flexibility index (Phi) is 6.28. The molecule has 1 N–H and O–H groups in total. The first kappa shape index (κ1) is 13.9. The van der Waals surface area contributed by atoms with Gasteiger partial charge in [-0.2, -0.15) is 0 Å². The van der Waals surface area contributed by atoms with Gasteiger partial charge in [0, 0.05) is 38.3 Å². The fraction of sp³-hybridized carbons (Fsp3) is 1.00. The molecule has 0 saturated carbocycles. The highest BCUT2D eigenvalue weighted by atomic mass is 16.5. The van der Waals surface area contributed by atoms with Crippen molar-refractivity contribution in [3.8, 4) is 0 Å². The number of piperazine rings is 1. The SMILES string of the molecule is CC1CN(C)CC(C)N1.CN1CCOCC1. The second-order valence-corrected chi connectivity index (χ2v) is 5.11. The van der Waals surface area contributed by atoms with E-state index < -0.39 is 0 Å². The Balaban J connectivity index is 0.000000165. The molecule has 2 unspecified atom stereocenters. The summed E-state index contributed by atoms with van der Waals surface area (Å²) in [5, 5.41) is 3.47. The number of rotatable bonds is 0. The van der Waals surface area contributed by atoms with Crippen molar-refractivity contribution in [2.45, 2.75) is 25.9 Å². The van der Waals surface area contributed by atoms with Crippen molar-refractivity contribution in [1.82, 2.24) is 15.1 Å². The summed E-state index contributed by atoms with van der Waals surface area (Å²) in [7, 11) is 4.29. The second kappa shape index (κ2) is 7.22. The third-order valence-corrected chi connectivity index (χ3v) is 2.97. The summed E-state index contributed by atoms with van der Waals surface area (Å²) in [6.45, 7) is 10.8. The standard InChI is InChI=1S/C7H16N2.C5H11NO/c1-6-4-9(3)5-7(2)8-6;1-6-2-4-7-5-3-6/h6-8H,4-5H2,1-3H3;2-5H2,1H3. The Labute approximate surface area is 99.9 Å². The van der Waals surface area contributed by atoms with Crippen molar-refractivity contribution in [2.24, 2.45) is 0 Å². The molecular formula is C12H27N3O. The fourth-order valence-corrected chi connectivity index (χ4v) is 2.26. The van der Waals surface area contributed by atoms with Crippen LogP contribution < -0.4 is 5.32 Å². The zero-order chi connectivity index (χ0) is 12.0. The fourth-order valence-electron chi connectivity index (χ4n) is 2.26. The van der Waals surface area contributed by atoms with Crippen LogP contribution in [0.4, 0.5) is 0 Å². The first-order valence-corrected chi connectivity index (χ1v) is 6.29. The van der Waals surface area contributed by atoms with Crippen LogP contribution in [0.5, 0.6) is 0 Å². The van der Waals surface area contributed by atoms with Gasteiger partial charge >= 0.3 is 0 Å². The minimum absolute atomic E-state index is 0.666. The number of ether oxygens (including phenoxy) is 1. The largest absolute Gasteiger partial charge is 0.379 e. The Morgan fingerprint density at radius 3 is 1.75 bits per heavy atom. The van der Waals surface area contributed by atoms with Gasteiger partial charge in [-0.15, -0.1) is 0 Å². The highest BCUT2D eigenvalue weighted by Gasteiger charge is 2.16. The summed E-state index contributed by atoms with van der Waals surface area (Å²) < 4.78 is 5.10. The van der Waals surface area contributed by atoms with Crippen LogP contribution in [-0.4, -0.2) is 75.4 Å². The van der Waals surface area contributed by atoms with E-state index in [4.69, 9.17) is 4.74 Å². The lowest BCUT2D eigenvalue weighted by Gasteiger charge is -2.33. The summed E-state index contributed by atoms with van der Waals surface area (Å²) in [5.74, 6) is 0. The normalized spacial score (nSPS) is 33.0. The van der Waals surface area contributed by atoms with Gasteiger partial charge in [-0.3, -0.25) is 0 Å². The van der Waals surface area contributed by atoms with Crippen LogP contribution >= 0.6 is 0 Å². The lowest BCUT2D eigenvalue weighted by molar-refractivity contribution is 0.0503. The number of nitrogens with one attached hydrogen (secondary N) is 1. The first-order chi connectivity index (χ1) is 7.58. The maximum absolute atomic E-state index is 5.10. The molecule has 2 rings (SSSR count). The van der Waals surface area contributed by atoms with Gasteiger partial charge in [0.05, 0.1) is 13.2 Å². The molecular weight excluding hydrogens is 202 g/mol. The number of hydrogen-bond acceptors (Lipinski definition) is 4. The molecule has 2 atom stereocenters. The van der Waals surface area contributed by atoms with E-state index >= 15 is 0 Å². The molecule has 96 valence electrons. The van der Waals surface area contributed by atoms with E-state index in [2.05, 4.69) is 43.1 Å². The number of likely N-dealkylation sites (N-methyl/N-ethyl adjacent to an activating group) is 2. The van der Waals surface area contributed by atoms with Crippen molar-refractivity contribution in [1.29, 1.82) is 0 Å². The van der Waals surface area contributed by atoms with Gasteiger partial charge < -0.3 is 19.9 Å². The molecule has 0 amide bonds. The Hall–Kier alpha value is -0.160. The zero-order valence-electron chi connectivity index (χ0n) is 11.2. The average molecular weight is 229 g/mol. The molecule has 0 bridgehead atoms. The second-order valence-electron chi connectivity index (χ2n) is 5.11. The molecule has 2 saturated heterocycles. The minimum Gasteiger partial charge on any atom is -0.379 e. The van der Waals surface area contributed by atoms with Crippen LogP contribution in [0.1, 0.15) is 13.8 Å². The van der Waals surface area contributed by atoms with Crippen LogP contribution in [0.15, 0.2) is 0 Å². The van der Waals surface area contributed by atoms with Gasteiger partial charge in [0.2, 0.25) is 0 Å². The maximum atomic E-state index is 5.10. The van der Waals surface area contributed by atoms with Gasteiger partial charge in [-0.1, -0.05) is 0 Å². The molecule has 16 heavy (non-hydrogen) atoms. The van der Waals surface area contributed by atoms with Crippen molar-refractivity contribution in [2.75, 3.05) is 53.5 Å². The van der Waals surface area contributed by atoms with Gasteiger partial charge in [0.1, 0.15) is 0 Å². The number of hydrogen-bond donors (Lipinski definition) is 1. The van der Waals surface area contributed by atoms with Crippen LogP contribution in [0.25, 0.3) is 0 Å². The van der Waals surface area contributed by atoms with E-state index in [0.717, 1.165) is 26.3 Å². The molecule has 2 aliphatic heterocycles. The van der Waals surface area contributed by atoms with E-state index in [1.165, 1.54) is 13.1 Å². The van der Waals surface area contributed by atoms with Gasteiger partial charge in [0.25, 0.3) is 0 Å². The minimum atomic E-state index is 0.666. The van der Waals surface area contributed by atoms with Crippen LogP contribution in [0.2, 0.25) is 0 Å². The van der Waals surface area contributed by atoms with Crippen molar-refractivity contribution in [3.05, 3.63) is 0 Å². The quantitative estimate of drug-likeness (QED) is 0.644. The summed E-state index contributed by atoms with van der Waals surface area (Å²) >= 11 is 0. The van der Waals surface area contributed by atoms with Crippen LogP contribution in [0.3, 0.4) is 0 Å². The lowest BCUT2D eigenvalue weighted by Crippen LogP contribution is -2.52. The van der Waals surface area contributed by atoms with Crippen LogP contribution in [-0.2, 0) is 4.74 Å². The topological polar surface area (TPSA) is 27.7 Å². The summed E-state index contributed by atoms with van der Waals surface area (Å²) in [6, 6.07) is 1.33. The maximum Gasteiger partial charge on any atom is 0.0594 e. The molecule has 2 heterocycles. The van der Waals surface area contributed by atoms with E-state index in [0.29, 0.717) is 12.1 Å². The summed E-state index contributed by atoms with van der Waals surface area (Å²) in [6.07, 6.45) is 0. The smallest absolute Gasteiger partial charge is 0.0594 e. The summed E-state index contributed by atoms with van der Waals surface area (Å²) in [5.41, 5.74) is 0. The Morgan fingerprint density at radius 1 is 0.938 bits per heavy atom. The van der Waals surface area contributed by atoms with Crippen LogP contribution in [0, 0.1) is 0 Å². The number of nitrogens with zero attached hydrogens (tertiary/aromatic N) is 2. The lowest BCUT2D eigenvalue weighted by atomic mass is 10.2. The summed E-state index contributed by atoms with van der Waals surface area (Å²) in [4.78, 5) is 4.63. The van der Waals surface area contributed by atoms with Crippen molar-refractivity contribution in [3.63, 3.8) is 0 Å². The van der Waals surface area contributed by atoms with E-state index in [1.807, 2.05) is 0 Å². The molecule has 0 aliphatic carbocycles. The Bertz CT molecular complexity index is 158. The predicted molar refractivity (Wildman–Crippen MR) is 67.9 cm³/mol. The molecule has 4 nitrogen and oxygen atoms in total. The van der Waals surface area contributed by atoms with Gasteiger partial charge in [0.15, 0.2) is 0 Å².